The molecule has 0 aliphatic heterocycles. The van der Waals surface area contributed by atoms with Crippen molar-refractivity contribution in [3.05, 3.63) is 131 Å². The molecule has 5 N–H and O–H groups in total. The molecule has 0 aliphatic carbocycles. The lowest BCUT2D eigenvalue weighted by Crippen LogP contribution is -2.42. The summed E-state index contributed by atoms with van der Waals surface area (Å²) in [6.45, 7) is 0. The van der Waals surface area contributed by atoms with Gasteiger partial charge in [-0.05, 0) is 54.1 Å². The lowest BCUT2D eigenvalue weighted by atomic mass is 10.0. The first-order chi connectivity index (χ1) is 20.4. The number of hydrazine groups is 1. The summed E-state index contributed by atoms with van der Waals surface area (Å²) in [6.07, 6.45) is 3.37. The quantitative estimate of drug-likeness (QED) is 0.104. The third kappa shape index (κ3) is 6.47. The van der Waals surface area contributed by atoms with Gasteiger partial charge in [-0.2, -0.15) is 0 Å². The number of fused-ring (bicyclic) bond motifs is 1. The summed E-state index contributed by atoms with van der Waals surface area (Å²) >= 11 is 0. The number of carbonyl (C=O) groups excluding carboxylic acids is 2. The van der Waals surface area contributed by atoms with Crippen molar-refractivity contribution in [1.82, 2.24) is 20.7 Å². The van der Waals surface area contributed by atoms with Crippen molar-refractivity contribution in [2.24, 2.45) is 5.84 Å². The van der Waals surface area contributed by atoms with Gasteiger partial charge in [0, 0.05) is 46.5 Å². The predicted octanol–water partition coefficient (Wildman–Crippen LogP) is 3.73. The van der Waals surface area contributed by atoms with Crippen LogP contribution in [0.3, 0.4) is 0 Å². The molecule has 2 aromatic heterocycles. The Balaban J connectivity index is 1.27. The van der Waals surface area contributed by atoms with Crippen LogP contribution in [0.15, 0.2) is 103 Å². The number of rotatable bonds is 7. The number of nitrogens with two attached hydrogens (primary N) is 1. The molecule has 1 atom stereocenters. The van der Waals surface area contributed by atoms with Crippen LogP contribution in [0.5, 0.6) is 0 Å². The molecule has 0 radical (unpaired) electrons. The first kappa shape index (κ1) is 27.7. The third-order valence-electron chi connectivity index (χ3n) is 6.55. The highest BCUT2D eigenvalue weighted by atomic mass is 16.4. The molecule has 5 aromatic rings. The van der Waals surface area contributed by atoms with Crippen LogP contribution in [-0.4, -0.2) is 38.9 Å². The minimum absolute atomic E-state index is 0.183. The number of nitrogens with zero attached hydrogens (tertiary/aromatic N) is 2. The fourth-order valence-electron chi connectivity index (χ4n) is 4.35. The molecule has 206 valence electrons. The van der Waals surface area contributed by atoms with E-state index in [1.54, 1.807) is 48.8 Å². The largest absolute Gasteiger partial charge is 0.480 e. The number of nitrogen functional groups attached to an aromatic ring is 1. The summed E-state index contributed by atoms with van der Waals surface area (Å²) in [5.41, 5.74) is 7.18. The Labute approximate surface area is 241 Å². The zero-order chi connectivity index (χ0) is 29.5. The molecule has 0 fully saturated rings. The van der Waals surface area contributed by atoms with Crippen LogP contribution < -0.4 is 16.6 Å². The number of aromatic nitrogens is 2. The molecular weight excluding hydrogens is 530 g/mol. The van der Waals surface area contributed by atoms with Gasteiger partial charge < -0.3 is 10.4 Å². The number of amides is 2. The van der Waals surface area contributed by atoms with Gasteiger partial charge in [0.1, 0.15) is 6.04 Å². The van der Waals surface area contributed by atoms with Crippen LogP contribution in [0.2, 0.25) is 0 Å². The second-order valence-electron chi connectivity index (χ2n) is 9.38. The van der Waals surface area contributed by atoms with Crippen molar-refractivity contribution in [3.8, 4) is 23.1 Å². The number of carbonyl (C=O) groups is 3. The van der Waals surface area contributed by atoms with Crippen LogP contribution in [0.1, 0.15) is 37.4 Å². The maximum Gasteiger partial charge on any atom is 0.326 e. The molecule has 0 saturated carbocycles. The Morgan fingerprint density at radius 3 is 2.17 bits per heavy atom. The van der Waals surface area contributed by atoms with Gasteiger partial charge in [-0.25, -0.2) is 15.6 Å². The Kier molecular flexibility index (Phi) is 8.28. The molecule has 3 aromatic carbocycles. The molecular formula is C33H25N5O4. The summed E-state index contributed by atoms with van der Waals surface area (Å²) < 4.78 is 0. The molecule has 5 rings (SSSR count). The molecule has 2 heterocycles. The van der Waals surface area contributed by atoms with Gasteiger partial charge >= 0.3 is 5.97 Å². The van der Waals surface area contributed by atoms with E-state index in [0.717, 1.165) is 16.7 Å². The van der Waals surface area contributed by atoms with E-state index in [9.17, 15) is 19.5 Å². The van der Waals surface area contributed by atoms with Crippen molar-refractivity contribution >= 4 is 28.7 Å². The average Bonchev–Trinajstić information content (AvgIpc) is 3.03. The Morgan fingerprint density at radius 2 is 1.52 bits per heavy atom. The van der Waals surface area contributed by atoms with E-state index in [0.29, 0.717) is 33.3 Å². The van der Waals surface area contributed by atoms with Crippen LogP contribution in [0.4, 0.5) is 0 Å². The number of hydrogen-bond acceptors (Lipinski definition) is 6. The van der Waals surface area contributed by atoms with Crippen molar-refractivity contribution in [1.29, 1.82) is 0 Å². The van der Waals surface area contributed by atoms with Crippen LogP contribution in [0, 0.1) is 11.8 Å². The molecule has 0 saturated heterocycles. The minimum atomic E-state index is -1.10. The Morgan fingerprint density at radius 1 is 0.857 bits per heavy atom. The number of nitrogens with one attached hydrogen (secondary N) is 2. The number of hydrogen-bond donors (Lipinski definition) is 4. The smallest absolute Gasteiger partial charge is 0.326 e. The van der Waals surface area contributed by atoms with Crippen LogP contribution >= 0.6 is 0 Å². The van der Waals surface area contributed by atoms with Crippen molar-refractivity contribution in [2.45, 2.75) is 12.5 Å². The maximum atomic E-state index is 12.7. The fraction of sp³-hybridized carbons (Fsp3) is 0.0606. The third-order valence-corrected chi connectivity index (χ3v) is 6.55. The molecule has 42 heavy (non-hydrogen) atoms. The highest BCUT2D eigenvalue weighted by Gasteiger charge is 2.21. The molecule has 0 bridgehead atoms. The monoisotopic (exact) mass is 555 g/mol. The Hall–Kier alpha value is -5.85. The standard InChI is InChI=1S/C33H25N5O4/c34-38-32(40)26-19-29(36-28-16-17-35-20-27(26)28)24-12-8-21(9-13-24)6-7-22-10-14-25(15-11-22)31(39)37-30(33(41)42)18-23-4-2-1-3-5-23/h1-5,8-17,19-20,30H,18,34H2,(H,37,39)(H,38,40)(H,41,42). The van der Waals surface area contributed by atoms with E-state index in [-0.39, 0.29) is 6.42 Å². The highest BCUT2D eigenvalue weighted by molar-refractivity contribution is 6.06. The minimum Gasteiger partial charge on any atom is -0.480 e. The molecule has 0 spiro atoms. The number of carboxylic acids is 1. The molecule has 2 amide bonds. The van der Waals surface area contributed by atoms with Gasteiger partial charge in [-0.1, -0.05) is 54.3 Å². The van der Waals surface area contributed by atoms with E-state index in [4.69, 9.17) is 5.84 Å². The summed E-state index contributed by atoms with van der Waals surface area (Å²) in [4.78, 5) is 45.4. The topological polar surface area (TPSA) is 147 Å². The lowest BCUT2D eigenvalue weighted by molar-refractivity contribution is -0.139. The number of carboxylic acid groups (broad SMARTS) is 1. The van der Waals surface area contributed by atoms with E-state index in [1.807, 2.05) is 54.6 Å². The summed E-state index contributed by atoms with van der Waals surface area (Å²) in [5, 5.41) is 12.8. The normalized spacial score (nSPS) is 11.2. The number of aliphatic carboxylic acids is 1. The molecule has 0 aliphatic rings. The van der Waals surface area contributed by atoms with Crippen molar-refractivity contribution < 1.29 is 19.5 Å². The van der Waals surface area contributed by atoms with Gasteiger partial charge in [0.05, 0.1) is 16.8 Å². The first-order valence-corrected chi connectivity index (χ1v) is 13.0. The van der Waals surface area contributed by atoms with Gasteiger partial charge in [0.2, 0.25) is 0 Å². The van der Waals surface area contributed by atoms with Crippen LogP contribution in [0.25, 0.3) is 22.2 Å². The van der Waals surface area contributed by atoms with Crippen molar-refractivity contribution in [2.75, 3.05) is 0 Å². The summed E-state index contributed by atoms with van der Waals surface area (Å²) in [7, 11) is 0. The fourth-order valence-corrected chi connectivity index (χ4v) is 4.35. The zero-order valence-electron chi connectivity index (χ0n) is 22.2. The molecule has 9 heteroatoms. The lowest BCUT2D eigenvalue weighted by Gasteiger charge is -2.14. The van der Waals surface area contributed by atoms with Crippen LogP contribution in [-0.2, 0) is 11.2 Å². The molecule has 9 nitrogen and oxygen atoms in total. The highest BCUT2D eigenvalue weighted by Crippen LogP contribution is 2.24. The van der Waals surface area contributed by atoms with Gasteiger partial charge in [-0.15, -0.1) is 0 Å². The van der Waals surface area contributed by atoms with E-state index >= 15 is 0 Å². The number of pyridine rings is 2. The second kappa shape index (κ2) is 12.6. The zero-order valence-corrected chi connectivity index (χ0v) is 22.2. The second-order valence-corrected chi connectivity index (χ2v) is 9.38. The van der Waals surface area contributed by atoms with Gasteiger partial charge in [0.25, 0.3) is 11.8 Å². The van der Waals surface area contributed by atoms with Gasteiger partial charge in [0.15, 0.2) is 0 Å². The Bertz CT molecular complexity index is 1830. The van der Waals surface area contributed by atoms with Gasteiger partial charge in [-0.3, -0.25) is 20.0 Å². The number of benzene rings is 3. The first-order valence-electron chi connectivity index (χ1n) is 13.0. The van der Waals surface area contributed by atoms with E-state index < -0.39 is 23.8 Å². The maximum absolute atomic E-state index is 12.7. The van der Waals surface area contributed by atoms with E-state index in [1.165, 1.54) is 0 Å². The summed E-state index contributed by atoms with van der Waals surface area (Å²) in [6, 6.07) is 25.6. The average molecular weight is 556 g/mol. The summed E-state index contributed by atoms with van der Waals surface area (Å²) in [5.74, 6) is 9.52. The SMILES string of the molecule is NNC(=O)c1cc(-c2ccc(C#Cc3ccc(C(=O)NC(Cc4ccccc4)C(=O)O)cc3)cc2)nc2ccncc12. The predicted molar refractivity (Wildman–Crippen MR) is 158 cm³/mol. The molecule has 1 unspecified atom stereocenters. The van der Waals surface area contributed by atoms with E-state index in [2.05, 4.69) is 32.6 Å². The van der Waals surface area contributed by atoms with Crippen molar-refractivity contribution in [3.63, 3.8) is 0 Å².